The molecular formula is C16H16ClN7O2S2. The molecule has 12 heteroatoms. The first kappa shape index (κ1) is 18.7. The second kappa shape index (κ2) is 6.76. The molecule has 0 fully saturated rings. The fraction of sp³-hybridized carbons (Fsp3) is 0.188. The number of halogens is 1. The third-order valence-corrected chi connectivity index (χ3v) is 6.87. The maximum absolute atomic E-state index is 12.9. The van der Waals surface area contributed by atoms with Crippen LogP contribution in [0.15, 0.2) is 45.0 Å². The van der Waals surface area contributed by atoms with Gasteiger partial charge in [-0.3, -0.25) is 9.12 Å². The summed E-state index contributed by atoms with van der Waals surface area (Å²) in [5.74, 6) is -0.0279. The maximum Gasteiger partial charge on any atom is 0.281 e. The number of aromatic nitrogens is 2. The monoisotopic (exact) mass is 437 g/mol. The van der Waals surface area contributed by atoms with E-state index in [1.165, 1.54) is 15.7 Å². The van der Waals surface area contributed by atoms with E-state index in [2.05, 4.69) is 19.9 Å². The molecule has 2 heterocycles. The molecule has 0 radical (unpaired) electrons. The van der Waals surface area contributed by atoms with E-state index < -0.39 is 10.0 Å². The molecule has 5 N–H and O–H groups in total. The number of nitrogens with two attached hydrogens (primary N) is 2. The highest BCUT2D eigenvalue weighted by Gasteiger charge is 2.28. The van der Waals surface area contributed by atoms with Crippen molar-refractivity contribution in [2.75, 3.05) is 4.72 Å². The number of hydrogen-bond donors (Lipinski definition) is 3. The minimum absolute atomic E-state index is 0.0795. The van der Waals surface area contributed by atoms with Gasteiger partial charge in [-0.2, -0.15) is 13.5 Å². The first-order valence-corrected chi connectivity index (χ1v) is 10.9. The molecule has 0 saturated carbocycles. The Labute approximate surface area is 169 Å². The lowest BCUT2D eigenvalue weighted by Gasteiger charge is -2.09. The molecule has 9 nitrogen and oxygen atoms in total. The summed E-state index contributed by atoms with van der Waals surface area (Å²) in [4.78, 5) is 4.57. The van der Waals surface area contributed by atoms with Crippen molar-refractivity contribution >= 4 is 55.3 Å². The fourth-order valence-electron chi connectivity index (χ4n) is 3.19. The van der Waals surface area contributed by atoms with E-state index in [-0.39, 0.29) is 22.1 Å². The van der Waals surface area contributed by atoms with Gasteiger partial charge in [-0.05, 0) is 24.1 Å². The number of hydrogen-bond acceptors (Lipinski definition) is 6. The summed E-state index contributed by atoms with van der Waals surface area (Å²) < 4.78 is 29.8. The lowest BCUT2D eigenvalue weighted by molar-refractivity contribution is 0.596. The van der Waals surface area contributed by atoms with Crippen LogP contribution in [0.25, 0.3) is 4.96 Å². The van der Waals surface area contributed by atoms with Crippen LogP contribution in [0.2, 0.25) is 5.15 Å². The van der Waals surface area contributed by atoms with Gasteiger partial charge in [0, 0.05) is 28.7 Å². The first-order valence-electron chi connectivity index (χ1n) is 8.20. The fourth-order valence-corrected chi connectivity index (χ4v) is 5.70. The predicted molar refractivity (Wildman–Crippen MR) is 111 cm³/mol. The molecule has 1 atom stereocenters. The third kappa shape index (κ3) is 3.21. The highest BCUT2D eigenvalue weighted by atomic mass is 35.5. The summed E-state index contributed by atoms with van der Waals surface area (Å²) in [6.45, 7) is 2.00. The number of imidazole rings is 1. The molecule has 0 amide bonds. The molecule has 1 aliphatic carbocycles. The van der Waals surface area contributed by atoms with E-state index in [0.717, 1.165) is 17.5 Å². The van der Waals surface area contributed by atoms with Crippen molar-refractivity contribution in [2.45, 2.75) is 18.4 Å². The predicted octanol–water partition coefficient (Wildman–Crippen LogP) is 2.02. The minimum atomic E-state index is -3.95. The molecule has 28 heavy (non-hydrogen) atoms. The Kier molecular flexibility index (Phi) is 4.52. The number of benzene rings is 1. The highest BCUT2D eigenvalue weighted by Crippen LogP contribution is 2.32. The second-order valence-corrected chi connectivity index (χ2v) is 9.18. The number of nitrogens with zero attached hydrogens (tertiary/aromatic N) is 4. The summed E-state index contributed by atoms with van der Waals surface area (Å²) in [7, 11) is -3.95. The molecule has 3 aromatic rings. The number of guanidine groups is 1. The quantitative estimate of drug-likeness (QED) is 0.325. The molecule has 0 spiro atoms. The number of thiazole rings is 1. The van der Waals surface area contributed by atoms with Crippen LogP contribution in [-0.4, -0.2) is 29.5 Å². The van der Waals surface area contributed by atoms with Crippen molar-refractivity contribution in [1.82, 2.24) is 9.38 Å². The lowest BCUT2D eigenvalue weighted by atomic mass is 10.1. The molecule has 1 aromatic carbocycles. The summed E-state index contributed by atoms with van der Waals surface area (Å²) >= 11 is 7.36. The Bertz CT molecular complexity index is 1240. The highest BCUT2D eigenvalue weighted by molar-refractivity contribution is 7.92. The lowest BCUT2D eigenvalue weighted by Crippen LogP contribution is -2.22. The Morgan fingerprint density at radius 2 is 2.21 bits per heavy atom. The van der Waals surface area contributed by atoms with Crippen LogP contribution in [-0.2, 0) is 16.4 Å². The van der Waals surface area contributed by atoms with Gasteiger partial charge in [-0.15, -0.1) is 16.4 Å². The average molecular weight is 438 g/mol. The minimum Gasteiger partial charge on any atom is -0.369 e. The van der Waals surface area contributed by atoms with Crippen LogP contribution in [0.1, 0.15) is 18.1 Å². The van der Waals surface area contributed by atoms with E-state index in [0.29, 0.717) is 16.4 Å². The van der Waals surface area contributed by atoms with Crippen molar-refractivity contribution in [2.24, 2.45) is 27.6 Å². The molecule has 146 valence electrons. The average Bonchev–Trinajstić information content (AvgIpc) is 3.24. The largest absolute Gasteiger partial charge is 0.369 e. The van der Waals surface area contributed by atoms with Crippen molar-refractivity contribution in [3.8, 4) is 0 Å². The van der Waals surface area contributed by atoms with Gasteiger partial charge < -0.3 is 11.5 Å². The van der Waals surface area contributed by atoms with Gasteiger partial charge in [0.1, 0.15) is 0 Å². The summed E-state index contributed by atoms with van der Waals surface area (Å²) in [5, 5.41) is 9.41. The molecule has 4 rings (SSSR count). The molecule has 0 bridgehead atoms. The van der Waals surface area contributed by atoms with E-state index in [4.69, 9.17) is 23.1 Å². The van der Waals surface area contributed by atoms with Gasteiger partial charge >= 0.3 is 0 Å². The Balaban J connectivity index is 1.72. The smallest absolute Gasteiger partial charge is 0.281 e. The number of nitrogens with one attached hydrogen (secondary N) is 1. The molecule has 1 aliphatic rings. The standard InChI is InChI=1S/C16H16ClN7O2S2/c1-8-6-9-2-3-10(7-11(9)12(8)21-22-15(18)19)23-28(25,26)14-13(17)20-16-24(14)4-5-27-16/h2-5,7-8,23H,6H2,1H3,(H4,18,19,22)/b21-12-. The second-order valence-electron chi connectivity index (χ2n) is 6.36. The number of rotatable bonds is 4. The Morgan fingerprint density at radius 3 is 2.96 bits per heavy atom. The number of anilines is 1. The van der Waals surface area contributed by atoms with Gasteiger partial charge in [0.25, 0.3) is 10.0 Å². The zero-order valence-corrected chi connectivity index (χ0v) is 17.0. The topological polar surface area (TPSA) is 140 Å². The van der Waals surface area contributed by atoms with E-state index in [1.54, 1.807) is 23.7 Å². The van der Waals surface area contributed by atoms with Gasteiger partial charge in [0.15, 0.2) is 15.1 Å². The van der Waals surface area contributed by atoms with Crippen LogP contribution in [0.4, 0.5) is 5.69 Å². The normalized spacial score (nSPS) is 17.8. The Morgan fingerprint density at radius 1 is 1.43 bits per heavy atom. The van der Waals surface area contributed by atoms with Crippen molar-refractivity contribution in [1.29, 1.82) is 0 Å². The summed E-state index contributed by atoms with van der Waals surface area (Å²) in [6.07, 6.45) is 2.38. The van der Waals surface area contributed by atoms with Crippen LogP contribution in [0.3, 0.4) is 0 Å². The van der Waals surface area contributed by atoms with Crippen molar-refractivity contribution in [3.63, 3.8) is 0 Å². The SMILES string of the molecule is CC1Cc2ccc(NS(=O)(=O)c3c(Cl)nc4sccn34)cc2/C1=N\N=C(N)N. The van der Waals surface area contributed by atoms with Gasteiger partial charge in [0.2, 0.25) is 5.96 Å². The van der Waals surface area contributed by atoms with Gasteiger partial charge in [-0.1, -0.05) is 24.6 Å². The van der Waals surface area contributed by atoms with Crippen LogP contribution < -0.4 is 16.2 Å². The maximum atomic E-state index is 12.9. The van der Waals surface area contributed by atoms with Crippen molar-refractivity contribution < 1.29 is 8.42 Å². The third-order valence-electron chi connectivity index (χ3n) is 4.34. The van der Waals surface area contributed by atoms with E-state index in [1.807, 2.05) is 13.0 Å². The van der Waals surface area contributed by atoms with Crippen LogP contribution in [0, 0.1) is 5.92 Å². The molecule has 0 saturated heterocycles. The summed E-state index contributed by atoms with van der Waals surface area (Å²) in [6, 6.07) is 5.28. The van der Waals surface area contributed by atoms with Gasteiger partial charge in [-0.25, -0.2) is 4.98 Å². The zero-order valence-electron chi connectivity index (χ0n) is 14.6. The van der Waals surface area contributed by atoms with E-state index in [9.17, 15) is 8.42 Å². The molecule has 1 unspecified atom stereocenters. The summed E-state index contributed by atoms with van der Waals surface area (Å²) in [5.41, 5.74) is 13.7. The first-order chi connectivity index (χ1) is 13.3. The molecule has 2 aromatic heterocycles. The van der Waals surface area contributed by atoms with Crippen LogP contribution in [0.5, 0.6) is 0 Å². The molecular weight excluding hydrogens is 422 g/mol. The van der Waals surface area contributed by atoms with Gasteiger partial charge in [0.05, 0.1) is 5.71 Å². The van der Waals surface area contributed by atoms with E-state index >= 15 is 0 Å². The van der Waals surface area contributed by atoms with Crippen LogP contribution >= 0.6 is 22.9 Å². The number of sulfonamides is 1. The molecule has 0 aliphatic heterocycles. The van der Waals surface area contributed by atoms with Crippen molar-refractivity contribution in [3.05, 3.63) is 46.1 Å². The number of fused-ring (bicyclic) bond motifs is 2. The Hall–Kier alpha value is -2.63. The zero-order chi connectivity index (χ0) is 20.1.